The first-order chi connectivity index (χ1) is 16.2. The van der Waals surface area contributed by atoms with Gasteiger partial charge in [0, 0.05) is 38.6 Å². The van der Waals surface area contributed by atoms with E-state index in [0.29, 0.717) is 17.8 Å². The van der Waals surface area contributed by atoms with Crippen LogP contribution in [0.3, 0.4) is 0 Å². The number of urea groups is 1. The number of hydrogen-bond donors (Lipinski definition) is 1. The maximum absolute atomic E-state index is 13.5. The molecule has 0 saturated heterocycles. The minimum absolute atomic E-state index is 0.151. The number of rotatable bonds is 8. The van der Waals surface area contributed by atoms with E-state index in [1.807, 2.05) is 54.4 Å². The molecule has 0 bridgehead atoms. The Kier molecular flexibility index (Phi) is 8.56. The zero-order valence-corrected chi connectivity index (χ0v) is 20.0. The summed E-state index contributed by atoms with van der Waals surface area (Å²) in [6.45, 7) is 2.74. The third-order valence-corrected chi connectivity index (χ3v) is 7.49. The van der Waals surface area contributed by atoms with Gasteiger partial charge in [-0.05, 0) is 80.5 Å². The van der Waals surface area contributed by atoms with Gasteiger partial charge in [-0.2, -0.15) is 5.10 Å². The molecular formula is C27H39N5O. The molecule has 33 heavy (non-hydrogen) atoms. The SMILES string of the molecule is CN(C(=O)N(CC1CCCCC1)CC1CCC(CNc2cccnn2)CC1)c1ccccc1. The van der Waals surface area contributed by atoms with Crippen molar-refractivity contribution in [3.05, 3.63) is 48.7 Å². The topological polar surface area (TPSA) is 61.4 Å². The lowest BCUT2D eigenvalue weighted by Gasteiger charge is -2.37. The highest BCUT2D eigenvalue weighted by Crippen LogP contribution is 2.31. The van der Waals surface area contributed by atoms with Gasteiger partial charge in [0.2, 0.25) is 0 Å². The van der Waals surface area contributed by atoms with Crippen LogP contribution in [-0.2, 0) is 0 Å². The average molecular weight is 450 g/mol. The van der Waals surface area contributed by atoms with Gasteiger partial charge in [-0.3, -0.25) is 4.90 Å². The second kappa shape index (κ2) is 12.0. The van der Waals surface area contributed by atoms with E-state index < -0.39 is 0 Å². The van der Waals surface area contributed by atoms with Crippen molar-refractivity contribution in [3.63, 3.8) is 0 Å². The van der Waals surface area contributed by atoms with E-state index in [0.717, 1.165) is 31.1 Å². The monoisotopic (exact) mass is 449 g/mol. The molecule has 2 aliphatic carbocycles. The second-order valence-corrected chi connectivity index (χ2v) is 9.96. The van der Waals surface area contributed by atoms with Gasteiger partial charge in [0.05, 0.1) is 0 Å². The summed E-state index contributed by atoms with van der Waals surface area (Å²) in [7, 11) is 1.92. The predicted octanol–water partition coefficient (Wildman–Crippen LogP) is 5.83. The van der Waals surface area contributed by atoms with Crippen molar-refractivity contribution in [2.45, 2.75) is 57.8 Å². The Morgan fingerprint density at radius 3 is 2.21 bits per heavy atom. The number of aromatic nitrogens is 2. The lowest BCUT2D eigenvalue weighted by Crippen LogP contribution is -2.46. The van der Waals surface area contributed by atoms with Crippen molar-refractivity contribution in [1.29, 1.82) is 0 Å². The Labute approximate surface area is 198 Å². The summed E-state index contributed by atoms with van der Waals surface area (Å²) in [5.74, 6) is 2.76. The molecule has 2 fully saturated rings. The van der Waals surface area contributed by atoms with Gasteiger partial charge in [-0.1, -0.05) is 37.5 Å². The molecule has 4 rings (SSSR count). The van der Waals surface area contributed by atoms with Crippen LogP contribution in [0.1, 0.15) is 57.8 Å². The molecule has 6 heteroatoms. The van der Waals surface area contributed by atoms with Gasteiger partial charge >= 0.3 is 6.03 Å². The normalized spacial score (nSPS) is 21.4. The molecule has 0 radical (unpaired) electrons. The number of carbonyl (C=O) groups is 1. The van der Waals surface area contributed by atoms with Crippen molar-refractivity contribution in [1.82, 2.24) is 15.1 Å². The van der Waals surface area contributed by atoms with Crippen LogP contribution < -0.4 is 10.2 Å². The first-order valence-electron chi connectivity index (χ1n) is 12.8. The summed E-state index contributed by atoms with van der Waals surface area (Å²) in [6.07, 6.45) is 13.0. The molecule has 1 heterocycles. The summed E-state index contributed by atoms with van der Waals surface area (Å²) in [6, 6.07) is 14.1. The second-order valence-electron chi connectivity index (χ2n) is 9.96. The Morgan fingerprint density at radius 1 is 0.879 bits per heavy atom. The third kappa shape index (κ3) is 6.92. The van der Waals surface area contributed by atoms with Crippen LogP contribution in [0.25, 0.3) is 0 Å². The number of nitrogens with one attached hydrogen (secondary N) is 1. The van der Waals surface area contributed by atoms with Crippen molar-refractivity contribution < 1.29 is 4.79 Å². The van der Waals surface area contributed by atoms with E-state index in [4.69, 9.17) is 0 Å². The molecule has 1 aromatic carbocycles. The van der Waals surface area contributed by atoms with Gasteiger partial charge < -0.3 is 10.2 Å². The predicted molar refractivity (Wildman–Crippen MR) is 134 cm³/mol. The van der Waals surface area contributed by atoms with Gasteiger partial charge in [0.25, 0.3) is 0 Å². The maximum atomic E-state index is 13.5. The lowest BCUT2D eigenvalue weighted by atomic mass is 9.81. The number of nitrogens with zero attached hydrogens (tertiary/aromatic N) is 4. The van der Waals surface area contributed by atoms with Gasteiger partial charge in [0.1, 0.15) is 5.82 Å². The zero-order chi connectivity index (χ0) is 22.9. The number of anilines is 2. The molecule has 1 aromatic heterocycles. The minimum atomic E-state index is 0.151. The van der Waals surface area contributed by atoms with Gasteiger partial charge in [-0.15, -0.1) is 5.10 Å². The Balaban J connectivity index is 1.32. The zero-order valence-electron chi connectivity index (χ0n) is 20.0. The van der Waals surface area contributed by atoms with Gasteiger partial charge in [0.15, 0.2) is 0 Å². The molecular weight excluding hydrogens is 410 g/mol. The fourth-order valence-corrected chi connectivity index (χ4v) is 5.46. The number of amides is 2. The summed E-state index contributed by atoms with van der Waals surface area (Å²) >= 11 is 0. The van der Waals surface area contributed by atoms with Crippen molar-refractivity contribution in [2.24, 2.45) is 17.8 Å². The highest BCUT2D eigenvalue weighted by atomic mass is 16.2. The van der Waals surface area contributed by atoms with Crippen molar-refractivity contribution >= 4 is 17.5 Å². The molecule has 0 unspecified atom stereocenters. The summed E-state index contributed by atoms with van der Waals surface area (Å²) < 4.78 is 0. The smallest absolute Gasteiger partial charge is 0.324 e. The molecule has 2 aromatic rings. The Morgan fingerprint density at radius 2 is 1.55 bits per heavy atom. The minimum Gasteiger partial charge on any atom is -0.368 e. The van der Waals surface area contributed by atoms with Crippen LogP contribution in [0, 0.1) is 17.8 Å². The molecule has 2 aliphatic rings. The standard InChI is InChI=1S/C27H39N5O/c1-31(25-11-6-3-7-12-25)27(33)32(20-23-9-4-2-5-10-23)21-24-16-14-22(15-17-24)19-28-26-13-8-18-29-30-26/h3,6-8,11-13,18,22-24H,2,4-5,9-10,14-17,19-21H2,1H3,(H,28,30). The fraction of sp³-hybridized carbons (Fsp3) is 0.593. The van der Waals surface area contributed by atoms with E-state index >= 15 is 0 Å². The molecule has 0 aliphatic heterocycles. The molecule has 0 spiro atoms. The molecule has 6 nitrogen and oxygen atoms in total. The molecule has 2 saturated carbocycles. The van der Waals surface area contributed by atoms with Crippen molar-refractivity contribution in [2.75, 3.05) is 36.9 Å². The molecule has 178 valence electrons. The highest BCUT2D eigenvalue weighted by molar-refractivity contribution is 5.91. The molecule has 2 amide bonds. The number of hydrogen-bond acceptors (Lipinski definition) is 4. The van der Waals surface area contributed by atoms with Crippen molar-refractivity contribution in [3.8, 4) is 0 Å². The molecule has 0 atom stereocenters. The first-order valence-corrected chi connectivity index (χ1v) is 12.8. The average Bonchev–Trinajstić information content (AvgIpc) is 2.89. The van der Waals surface area contributed by atoms with E-state index in [2.05, 4.69) is 20.4 Å². The van der Waals surface area contributed by atoms with Crippen LogP contribution >= 0.6 is 0 Å². The van der Waals surface area contributed by atoms with Gasteiger partial charge in [-0.25, -0.2) is 4.79 Å². The van der Waals surface area contributed by atoms with E-state index in [1.165, 1.54) is 57.8 Å². The first kappa shape index (κ1) is 23.5. The van der Waals surface area contributed by atoms with Crippen LogP contribution in [0.4, 0.5) is 16.3 Å². The molecule has 1 N–H and O–H groups in total. The van der Waals surface area contributed by atoms with Crippen LogP contribution in [-0.4, -0.2) is 47.8 Å². The van der Waals surface area contributed by atoms with E-state index in [1.54, 1.807) is 6.20 Å². The number of carbonyl (C=O) groups excluding carboxylic acids is 1. The Bertz CT molecular complexity index is 832. The van der Waals surface area contributed by atoms with E-state index in [9.17, 15) is 4.79 Å². The largest absolute Gasteiger partial charge is 0.368 e. The number of para-hydroxylation sites is 1. The third-order valence-electron chi connectivity index (χ3n) is 7.49. The summed E-state index contributed by atoms with van der Waals surface area (Å²) in [4.78, 5) is 17.5. The number of benzene rings is 1. The fourth-order valence-electron chi connectivity index (χ4n) is 5.46. The van der Waals surface area contributed by atoms with E-state index in [-0.39, 0.29) is 6.03 Å². The van der Waals surface area contributed by atoms with Crippen LogP contribution in [0.2, 0.25) is 0 Å². The maximum Gasteiger partial charge on any atom is 0.324 e. The highest BCUT2D eigenvalue weighted by Gasteiger charge is 2.28. The van der Waals surface area contributed by atoms with Crippen LogP contribution in [0.15, 0.2) is 48.7 Å². The lowest BCUT2D eigenvalue weighted by molar-refractivity contribution is 0.157. The Hall–Kier alpha value is -2.63. The summed E-state index contributed by atoms with van der Waals surface area (Å²) in [5.41, 5.74) is 0.968. The summed E-state index contributed by atoms with van der Waals surface area (Å²) in [5, 5.41) is 11.5. The quantitative estimate of drug-likeness (QED) is 0.550. The van der Waals surface area contributed by atoms with Crippen LogP contribution in [0.5, 0.6) is 0 Å².